The number of benzene rings is 2. The second kappa shape index (κ2) is 9.60. The van der Waals surface area contributed by atoms with Crippen LogP contribution in [0.2, 0.25) is 0 Å². The molecule has 0 bridgehead atoms. The molecule has 1 aromatic heterocycles. The zero-order valence-corrected chi connectivity index (χ0v) is 17.7. The average Bonchev–Trinajstić information content (AvgIpc) is 3.06. The van der Waals surface area contributed by atoms with Gasteiger partial charge in [0.15, 0.2) is 5.16 Å². The van der Waals surface area contributed by atoms with Crippen LogP contribution in [-0.4, -0.2) is 25.9 Å². The van der Waals surface area contributed by atoms with E-state index >= 15 is 0 Å². The minimum absolute atomic E-state index is 0.117. The van der Waals surface area contributed by atoms with Crippen LogP contribution in [0.4, 0.5) is 5.69 Å². The molecule has 0 radical (unpaired) electrons. The quantitative estimate of drug-likeness (QED) is 0.549. The van der Waals surface area contributed by atoms with Crippen molar-refractivity contribution in [3.8, 4) is 0 Å². The summed E-state index contributed by atoms with van der Waals surface area (Å²) in [5.41, 5.74) is 2.80. The zero-order chi connectivity index (χ0) is 20.8. The molecular formula is C22H26N4O2S. The van der Waals surface area contributed by atoms with Crippen molar-refractivity contribution < 1.29 is 4.79 Å². The number of aromatic amines is 1. The van der Waals surface area contributed by atoms with E-state index in [1.807, 2.05) is 61.5 Å². The number of amides is 1. The predicted octanol–water partition coefficient (Wildman–Crippen LogP) is 4.06. The number of H-pyrrole nitrogens is 1. The largest absolute Gasteiger partial charge is 0.343 e. The van der Waals surface area contributed by atoms with Gasteiger partial charge in [0, 0.05) is 12.2 Å². The number of hydrogen-bond acceptors (Lipinski definition) is 4. The maximum absolute atomic E-state index is 12.7. The number of anilines is 1. The number of thioether (sulfide) groups is 1. The molecule has 1 amide bonds. The average molecular weight is 411 g/mol. The highest BCUT2D eigenvalue weighted by Gasteiger charge is 2.20. The lowest BCUT2D eigenvalue weighted by molar-refractivity contribution is -0.115. The Balaban J connectivity index is 1.67. The first-order valence-corrected chi connectivity index (χ1v) is 10.6. The summed E-state index contributed by atoms with van der Waals surface area (Å²) in [6, 6.07) is 17.8. The lowest BCUT2D eigenvalue weighted by Gasteiger charge is -2.16. The third-order valence-electron chi connectivity index (χ3n) is 4.68. The molecule has 3 rings (SSSR count). The van der Waals surface area contributed by atoms with Crippen LogP contribution in [0.25, 0.3) is 0 Å². The van der Waals surface area contributed by atoms with E-state index in [1.54, 1.807) is 4.57 Å². The van der Waals surface area contributed by atoms with E-state index in [-0.39, 0.29) is 11.6 Å². The van der Waals surface area contributed by atoms with E-state index in [9.17, 15) is 9.59 Å². The number of nitrogens with zero attached hydrogens (tertiary/aromatic N) is 2. The standard InChI is InChI=1S/C22H26N4O2S/c1-15(2)18-11-7-8-12-19(18)23-20(27)16(3)29-22-25-24-21(28)26(22)14-13-17-9-5-4-6-10-17/h4-12,15-16H,13-14H2,1-3H3,(H,23,27)(H,24,28)/t16-/m1/s1. The molecule has 29 heavy (non-hydrogen) atoms. The van der Waals surface area contributed by atoms with E-state index in [4.69, 9.17) is 0 Å². The van der Waals surface area contributed by atoms with Gasteiger partial charge >= 0.3 is 5.69 Å². The third-order valence-corrected chi connectivity index (χ3v) is 5.77. The highest BCUT2D eigenvalue weighted by atomic mass is 32.2. The zero-order valence-electron chi connectivity index (χ0n) is 16.9. The second-order valence-electron chi connectivity index (χ2n) is 7.19. The molecule has 152 valence electrons. The number of nitrogens with one attached hydrogen (secondary N) is 2. The molecule has 0 fully saturated rings. The normalized spacial score (nSPS) is 12.1. The topological polar surface area (TPSA) is 79.8 Å². The van der Waals surface area contributed by atoms with Gasteiger partial charge in [-0.15, -0.1) is 5.10 Å². The lowest BCUT2D eigenvalue weighted by atomic mass is 10.0. The molecule has 2 aromatic carbocycles. The number of hydrogen-bond donors (Lipinski definition) is 2. The van der Waals surface area contributed by atoms with Gasteiger partial charge in [-0.05, 0) is 36.5 Å². The van der Waals surface area contributed by atoms with Gasteiger partial charge in [-0.3, -0.25) is 9.36 Å². The number of carbonyl (C=O) groups excluding carboxylic acids is 1. The molecular weight excluding hydrogens is 384 g/mol. The molecule has 1 heterocycles. The van der Waals surface area contributed by atoms with Gasteiger partial charge < -0.3 is 5.32 Å². The number of para-hydroxylation sites is 1. The molecule has 2 N–H and O–H groups in total. The first-order chi connectivity index (χ1) is 14.0. The fourth-order valence-corrected chi connectivity index (χ4v) is 3.92. The van der Waals surface area contributed by atoms with Crippen molar-refractivity contribution in [1.82, 2.24) is 14.8 Å². The Kier molecular flexibility index (Phi) is 6.93. The van der Waals surface area contributed by atoms with Gasteiger partial charge in [0.2, 0.25) is 5.91 Å². The summed E-state index contributed by atoms with van der Waals surface area (Å²) in [4.78, 5) is 24.9. The fourth-order valence-electron chi connectivity index (χ4n) is 3.04. The highest BCUT2D eigenvalue weighted by Crippen LogP contribution is 2.26. The Hall–Kier alpha value is -2.80. The van der Waals surface area contributed by atoms with Gasteiger partial charge in [0.1, 0.15) is 0 Å². The summed E-state index contributed by atoms with van der Waals surface area (Å²) in [6.45, 7) is 6.52. The van der Waals surface area contributed by atoms with E-state index in [0.29, 0.717) is 17.6 Å². The first-order valence-electron chi connectivity index (χ1n) is 9.71. The van der Waals surface area contributed by atoms with E-state index in [2.05, 4.69) is 29.4 Å². The maximum atomic E-state index is 12.7. The summed E-state index contributed by atoms with van der Waals surface area (Å²) >= 11 is 1.28. The van der Waals surface area contributed by atoms with Crippen LogP contribution in [0.5, 0.6) is 0 Å². The summed E-state index contributed by atoms with van der Waals surface area (Å²) in [5.74, 6) is 0.192. The SMILES string of the molecule is CC(C)c1ccccc1NC(=O)[C@@H](C)Sc1n[nH]c(=O)n1CCc1ccccc1. The van der Waals surface area contributed by atoms with Crippen LogP contribution in [0.15, 0.2) is 64.5 Å². The summed E-state index contributed by atoms with van der Waals surface area (Å²) in [5, 5.41) is 9.74. The predicted molar refractivity (Wildman–Crippen MR) is 117 cm³/mol. The van der Waals surface area contributed by atoms with Crippen LogP contribution in [0, 0.1) is 0 Å². The van der Waals surface area contributed by atoms with Crippen LogP contribution < -0.4 is 11.0 Å². The van der Waals surface area contributed by atoms with Crippen LogP contribution in [-0.2, 0) is 17.8 Å². The first kappa shape index (κ1) is 20.9. The molecule has 0 saturated heterocycles. The number of aromatic nitrogens is 3. The number of aryl methyl sites for hydroxylation is 1. The monoisotopic (exact) mass is 410 g/mol. The molecule has 1 atom stereocenters. The molecule has 0 saturated carbocycles. The van der Waals surface area contributed by atoms with Gasteiger partial charge in [0.25, 0.3) is 0 Å². The minimum Gasteiger partial charge on any atom is -0.325 e. The second-order valence-corrected chi connectivity index (χ2v) is 8.50. The summed E-state index contributed by atoms with van der Waals surface area (Å²) in [6.07, 6.45) is 0.718. The van der Waals surface area contributed by atoms with E-state index in [1.165, 1.54) is 11.8 Å². The van der Waals surface area contributed by atoms with Crippen LogP contribution >= 0.6 is 11.8 Å². The maximum Gasteiger partial charge on any atom is 0.343 e. The Morgan fingerprint density at radius 3 is 2.52 bits per heavy atom. The van der Waals surface area contributed by atoms with Gasteiger partial charge in [-0.1, -0.05) is 74.1 Å². The molecule has 0 unspecified atom stereocenters. The molecule has 0 spiro atoms. The molecule has 0 aliphatic heterocycles. The van der Waals surface area contributed by atoms with E-state index < -0.39 is 5.25 Å². The van der Waals surface area contributed by atoms with Gasteiger partial charge in [-0.2, -0.15) is 0 Å². The fraction of sp³-hybridized carbons (Fsp3) is 0.318. The highest BCUT2D eigenvalue weighted by molar-refractivity contribution is 8.00. The Morgan fingerprint density at radius 2 is 1.79 bits per heavy atom. The van der Waals surface area contributed by atoms with Crippen LogP contribution in [0.3, 0.4) is 0 Å². The smallest absolute Gasteiger partial charge is 0.325 e. The van der Waals surface area contributed by atoms with E-state index in [0.717, 1.165) is 23.2 Å². The Labute approximate surface area is 174 Å². The Bertz CT molecular complexity index is 1010. The molecule has 7 heteroatoms. The number of carbonyl (C=O) groups is 1. The molecule has 6 nitrogen and oxygen atoms in total. The lowest BCUT2D eigenvalue weighted by Crippen LogP contribution is -2.25. The molecule has 3 aromatic rings. The van der Waals surface area contributed by atoms with Crippen molar-refractivity contribution in [3.05, 3.63) is 76.2 Å². The summed E-state index contributed by atoms with van der Waals surface area (Å²) < 4.78 is 1.59. The van der Waals surface area contributed by atoms with Crippen molar-refractivity contribution >= 4 is 23.4 Å². The number of rotatable bonds is 8. The molecule has 0 aliphatic rings. The van der Waals surface area contributed by atoms with Crippen molar-refractivity contribution in [2.24, 2.45) is 0 Å². The Morgan fingerprint density at radius 1 is 1.10 bits per heavy atom. The summed E-state index contributed by atoms with van der Waals surface area (Å²) in [7, 11) is 0. The van der Waals surface area contributed by atoms with Crippen molar-refractivity contribution in [2.75, 3.05) is 5.32 Å². The third kappa shape index (κ3) is 5.38. The van der Waals surface area contributed by atoms with Gasteiger partial charge in [-0.25, -0.2) is 9.89 Å². The van der Waals surface area contributed by atoms with Gasteiger partial charge in [0.05, 0.1) is 5.25 Å². The van der Waals surface area contributed by atoms with Crippen molar-refractivity contribution in [3.63, 3.8) is 0 Å². The van der Waals surface area contributed by atoms with Crippen molar-refractivity contribution in [2.45, 2.75) is 50.1 Å². The molecule has 0 aliphatic carbocycles. The van der Waals surface area contributed by atoms with Crippen molar-refractivity contribution in [1.29, 1.82) is 0 Å². The van der Waals surface area contributed by atoms with Crippen LogP contribution in [0.1, 0.15) is 37.8 Å². The minimum atomic E-state index is -0.402.